The van der Waals surface area contributed by atoms with E-state index in [1.807, 2.05) is 0 Å². The first-order valence-corrected chi connectivity index (χ1v) is 23.9. The van der Waals surface area contributed by atoms with Crippen molar-refractivity contribution in [2.45, 2.75) is 226 Å². The molecule has 0 fully saturated rings. The predicted octanol–water partition coefficient (Wildman–Crippen LogP) is 11.5. The zero-order chi connectivity index (χ0) is 40.9. The van der Waals surface area contributed by atoms with E-state index in [9.17, 15) is 23.8 Å². The van der Waals surface area contributed by atoms with Gasteiger partial charge in [-0.15, -0.1) is 0 Å². The highest BCUT2D eigenvalue weighted by atomic mass is 31.2. The lowest BCUT2D eigenvalue weighted by Crippen LogP contribution is -2.45. The third-order valence-electron chi connectivity index (χ3n) is 9.81. The topological polar surface area (TPSA) is 147 Å². The summed E-state index contributed by atoms with van der Waals surface area (Å²) in [6.45, 7) is 8.76. The van der Waals surface area contributed by atoms with E-state index in [0.29, 0.717) is 19.4 Å². The SMILES string of the molecule is CCCCCCCCCCCCCCCC(=O)OC[C@H](COP(=O)(O)OCCNC(=O)C(C)(C)OCC)OC(=O)CCCCCCCCCCCCCCC. The number of ether oxygens (including phenoxy) is 3. The van der Waals surface area contributed by atoms with Crippen LogP contribution in [0.1, 0.15) is 214 Å². The largest absolute Gasteiger partial charge is 0.472 e. The summed E-state index contributed by atoms with van der Waals surface area (Å²) in [5.41, 5.74) is -1.05. The standard InChI is InChI=1S/C43H84NO10P/c1-6-9-11-13-15-17-19-21-23-25-27-29-31-33-40(45)50-37-39(38-53-55(48,49)52-36-35-44-42(47)43(4,5)51-8-3)54-41(46)34-32-30-28-26-24-22-20-18-16-14-12-10-7-2/h39H,6-38H2,1-5H3,(H,44,47)(H,48,49)/t39-/m1/s1. The van der Waals surface area contributed by atoms with Gasteiger partial charge in [0.2, 0.25) is 0 Å². The van der Waals surface area contributed by atoms with Crippen LogP contribution in [0.2, 0.25) is 0 Å². The first kappa shape index (κ1) is 53.5. The Morgan fingerprint density at radius 1 is 0.582 bits per heavy atom. The Labute approximate surface area is 336 Å². The van der Waals surface area contributed by atoms with Crippen LogP contribution in [0.4, 0.5) is 0 Å². The Balaban J connectivity index is 4.57. The van der Waals surface area contributed by atoms with Crippen molar-refractivity contribution in [1.82, 2.24) is 5.32 Å². The van der Waals surface area contributed by atoms with Crippen molar-refractivity contribution in [2.75, 3.05) is 33.0 Å². The second-order valence-electron chi connectivity index (χ2n) is 15.6. The van der Waals surface area contributed by atoms with E-state index in [4.69, 9.17) is 23.3 Å². The van der Waals surface area contributed by atoms with E-state index in [1.54, 1.807) is 20.8 Å². The number of hydrogen-bond acceptors (Lipinski definition) is 9. The third kappa shape index (κ3) is 35.4. The molecular weight excluding hydrogens is 721 g/mol. The number of hydrogen-bond donors (Lipinski definition) is 2. The summed E-state index contributed by atoms with van der Waals surface area (Å²) < 4.78 is 39.0. The van der Waals surface area contributed by atoms with Gasteiger partial charge in [-0.05, 0) is 33.6 Å². The summed E-state index contributed by atoms with van der Waals surface area (Å²) in [4.78, 5) is 47.7. The Hall–Kier alpha value is -1.52. The molecule has 55 heavy (non-hydrogen) atoms. The van der Waals surface area contributed by atoms with Gasteiger partial charge in [0.05, 0.1) is 13.2 Å². The second kappa shape index (κ2) is 36.8. The van der Waals surface area contributed by atoms with E-state index >= 15 is 0 Å². The lowest BCUT2D eigenvalue weighted by atomic mass is 10.0. The van der Waals surface area contributed by atoms with Crippen LogP contribution in [-0.2, 0) is 42.2 Å². The molecule has 0 aliphatic carbocycles. The van der Waals surface area contributed by atoms with Gasteiger partial charge in [0.25, 0.3) is 5.91 Å². The molecule has 0 bridgehead atoms. The second-order valence-corrected chi connectivity index (χ2v) is 17.0. The Bertz CT molecular complexity index is 979. The molecule has 0 aliphatic heterocycles. The van der Waals surface area contributed by atoms with Gasteiger partial charge in [0, 0.05) is 26.0 Å². The number of esters is 2. The average Bonchev–Trinajstić information content (AvgIpc) is 3.15. The Kier molecular flexibility index (Phi) is 35.8. The molecule has 1 amide bonds. The first-order valence-electron chi connectivity index (χ1n) is 22.4. The van der Waals surface area contributed by atoms with Crippen LogP contribution in [0.3, 0.4) is 0 Å². The summed E-state index contributed by atoms with van der Waals surface area (Å²) in [5, 5.41) is 2.60. The molecule has 0 spiro atoms. The number of rotatable bonds is 41. The average molecular weight is 806 g/mol. The van der Waals surface area contributed by atoms with Crippen LogP contribution in [0, 0.1) is 0 Å². The number of unbranched alkanes of at least 4 members (excludes halogenated alkanes) is 24. The molecule has 0 saturated carbocycles. The summed E-state index contributed by atoms with van der Waals surface area (Å²) in [7, 11) is -4.56. The zero-order valence-electron chi connectivity index (χ0n) is 36.0. The van der Waals surface area contributed by atoms with Gasteiger partial charge >= 0.3 is 19.8 Å². The molecule has 0 aromatic carbocycles. The minimum Gasteiger partial charge on any atom is -0.462 e. The normalized spacial score (nSPS) is 13.3. The van der Waals surface area contributed by atoms with Crippen LogP contribution in [0.25, 0.3) is 0 Å². The first-order chi connectivity index (χ1) is 26.5. The van der Waals surface area contributed by atoms with Crippen molar-refractivity contribution in [2.24, 2.45) is 0 Å². The van der Waals surface area contributed by atoms with E-state index in [0.717, 1.165) is 32.1 Å². The molecule has 12 heteroatoms. The fourth-order valence-electron chi connectivity index (χ4n) is 6.37. The number of carbonyl (C=O) groups is 3. The van der Waals surface area contributed by atoms with Gasteiger partial charge < -0.3 is 24.4 Å². The number of amides is 1. The van der Waals surface area contributed by atoms with E-state index < -0.39 is 38.1 Å². The van der Waals surface area contributed by atoms with Gasteiger partial charge in [-0.25, -0.2) is 4.57 Å². The number of carbonyl (C=O) groups excluding carboxylic acids is 3. The maximum Gasteiger partial charge on any atom is 0.472 e. The van der Waals surface area contributed by atoms with Crippen LogP contribution in [0.15, 0.2) is 0 Å². The smallest absolute Gasteiger partial charge is 0.462 e. The quantitative estimate of drug-likeness (QED) is 0.0348. The molecule has 2 N–H and O–H groups in total. The summed E-state index contributed by atoms with van der Waals surface area (Å²) in [5.74, 6) is -1.27. The molecule has 0 heterocycles. The number of nitrogens with one attached hydrogen (secondary N) is 1. The van der Waals surface area contributed by atoms with E-state index in [1.165, 1.54) is 122 Å². The fourth-order valence-corrected chi connectivity index (χ4v) is 7.12. The predicted molar refractivity (Wildman–Crippen MR) is 222 cm³/mol. The van der Waals surface area contributed by atoms with Crippen LogP contribution in [-0.4, -0.2) is 67.4 Å². The molecule has 1 unspecified atom stereocenters. The van der Waals surface area contributed by atoms with Crippen LogP contribution < -0.4 is 5.32 Å². The van der Waals surface area contributed by atoms with Crippen LogP contribution >= 0.6 is 7.82 Å². The highest BCUT2D eigenvalue weighted by Gasteiger charge is 2.29. The van der Waals surface area contributed by atoms with Gasteiger partial charge in [0.1, 0.15) is 12.2 Å². The van der Waals surface area contributed by atoms with E-state index in [2.05, 4.69) is 19.2 Å². The summed E-state index contributed by atoms with van der Waals surface area (Å²) in [6.07, 6.45) is 30.6. The van der Waals surface area contributed by atoms with Gasteiger partial charge in [-0.3, -0.25) is 23.4 Å². The molecular formula is C43H84NO10P. The molecule has 0 aromatic rings. The minimum absolute atomic E-state index is 0.0441. The molecule has 0 aliphatic rings. The lowest BCUT2D eigenvalue weighted by molar-refractivity contribution is -0.161. The highest BCUT2D eigenvalue weighted by Crippen LogP contribution is 2.43. The minimum atomic E-state index is -4.56. The van der Waals surface area contributed by atoms with Crippen molar-refractivity contribution in [3.8, 4) is 0 Å². The summed E-state index contributed by atoms with van der Waals surface area (Å²) in [6, 6.07) is 0. The van der Waals surface area contributed by atoms with Gasteiger partial charge in [-0.1, -0.05) is 168 Å². The molecule has 0 radical (unpaired) electrons. The molecule has 2 atom stereocenters. The van der Waals surface area contributed by atoms with Crippen LogP contribution in [0.5, 0.6) is 0 Å². The third-order valence-corrected chi connectivity index (χ3v) is 10.8. The molecule has 0 saturated heterocycles. The van der Waals surface area contributed by atoms with Crippen molar-refractivity contribution >= 4 is 25.7 Å². The van der Waals surface area contributed by atoms with E-state index in [-0.39, 0.29) is 38.5 Å². The van der Waals surface area contributed by atoms with Crippen molar-refractivity contribution in [3.63, 3.8) is 0 Å². The molecule has 326 valence electrons. The van der Waals surface area contributed by atoms with Crippen molar-refractivity contribution in [3.05, 3.63) is 0 Å². The monoisotopic (exact) mass is 806 g/mol. The Morgan fingerprint density at radius 3 is 1.40 bits per heavy atom. The molecule has 11 nitrogen and oxygen atoms in total. The van der Waals surface area contributed by atoms with Gasteiger partial charge in [0.15, 0.2) is 6.10 Å². The highest BCUT2D eigenvalue weighted by molar-refractivity contribution is 7.47. The lowest BCUT2D eigenvalue weighted by Gasteiger charge is -2.23. The molecule has 0 rings (SSSR count). The zero-order valence-corrected chi connectivity index (χ0v) is 36.9. The fraction of sp³-hybridized carbons (Fsp3) is 0.930. The number of phosphoric ester groups is 1. The Morgan fingerprint density at radius 2 is 0.982 bits per heavy atom. The maximum atomic E-state index is 12.7. The van der Waals surface area contributed by atoms with Crippen molar-refractivity contribution in [1.29, 1.82) is 0 Å². The number of phosphoric acid groups is 1. The van der Waals surface area contributed by atoms with Crippen molar-refractivity contribution < 1.29 is 47.1 Å². The molecule has 0 aromatic heterocycles. The summed E-state index contributed by atoms with van der Waals surface area (Å²) >= 11 is 0. The van der Waals surface area contributed by atoms with Gasteiger partial charge in [-0.2, -0.15) is 0 Å². The maximum absolute atomic E-state index is 12.7.